The van der Waals surface area contributed by atoms with Crippen LogP contribution in [0.2, 0.25) is 0 Å². The fourth-order valence-electron chi connectivity index (χ4n) is 2.07. The van der Waals surface area contributed by atoms with Crippen molar-refractivity contribution in [1.82, 2.24) is 10.6 Å². The largest absolute Gasteiger partial charge is 0.444 e. The van der Waals surface area contributed by atoms with Crippen molar-refractivity contribution in [1.29, 1.82) is 0 Å². The lowest BCUT2D eigenvalue weighted by molar-refractivity contribution is 0.0464. The van der Waals surface area contributed by atoms with Gasteiger partial charge in [0.05, 0.1) is 0 Å². The lowest BCUT2D eigenvalue weighted by Crippen LogP contribution is -2.53. The van der Waals surface area contributed by atoms with Crippen LogP contribution in [0.15, 0.2) is 0 Å². The van der Waals surface area contributed by atoms with E-state index in [4.69, 9.17) is 9.84 Å². The van der Waals surface area contributed by atoms with E-state index < -0.39 is 5.60 Å². The van der Waals surface area contributed by atoms with Gasteiger partial charge >= 0.3 is 6.09 Å². The summed E-state index contributed by atoms with van der Waals surface area (Å²) < 4.78 is 5.21. The molecule has 0 aromatic rings. The van der Waals surface area contributed by atoms with Crippen LogP contribution in [-0.2, 0) is 4.74 Å². The van der Waals surface area contributed by atoms with E-state index in [9.17, 15) is 4.79 Å². The number of hydrogen-bond donors (Lipinski definition) is 3. The number of rotatable bonds is 6. The van der Waals surface area contributed by atoms with Crippen LogP contribution in [-0.4, -0.2) is 42.0 Å². The number of alkyl carbamates (subject to hydrolysis) is 1. The first-order chi connectivity index (χ1) is 8.80. The van der Waals surface area contributed by atoms with Crippen molar-refractivity contribution < 1.29 is 14.6 Å². The van der Waals surface area contributed by atoms with Crippen molar-refractivity contribution in [2.24, 2.45) is 5.92 Å². The summed E-state index contributed by atoms with van der Waals surface area (Å²) in [7, 11) is 0. The highest BCUT2D eigenvalue weighted by atomic mass is 16.6. The predicted octanol–water partition coefficient (Wildman–Crippen LogP) is 1.65. The van der Waals surface area contributed by atoms with Gasteiger partial charge in [0.2, 0.25) is 0 Å². The summed E-state index contributed by atoms with van der Waals surface area (Å²) in [6.07, 6.45) is 2.40. The second-order valence-electron chi connectivity index (χ2n) is 6.54. The van der Waals surface area contributed by atoms with Crippen LogP contribution in [0.25, 0.3) is 0 Å². The Kier molecular flexibility index (Phi) is 6.07. The van der Waals surface area contributed by atoms with Crippen molar-refractivity contribution in [2.45, 2.75) is 64.6 Å². The summed E-state index contributed by atoms with van der Waals surface area (Å²) in [5, 5.41) is 15.1. The van der Waals surface area contributed by atoms with E-state index >= 15 is 0 Å². The van der Waals surface area contributed by atoms with E-state index in [2.05, 4.69) is 17.6 Å². The van der Waals surface area contributed by atoms with E-state index in [0.717, 1.165) is 25.8 Å². The van der Waals surface area contributed by atoms with Crippen LogP contribution in [0.3, 0.4) is 0 Å². The van der Waals surface area contributed by atoms with Gasteiger partial charge in [-0.15, -0.1) is 0 Å². The van der Waals surface area contributed by atoms with E-state index in [-0.39, 0.29) is 18.7 Å². The summed E-state index contributed by atoms with van der Waals surface area (Å²) >= 11 is 0. The molecule has 19 heavy (non-hydrogen) atoms. The van der Waals surface area contributed by atoms with Gasteiger partial charge in [-0.2, -0.15) is 0 Å². The molecule has 1 rings (SSSR count). The Morgan fingerprint density at radius 1 is 1.37 bits per heavy atom. The zero-order valence-electron chi connectivity index (χ0n) is 12.5. The van der Waals surface area contributed by atoms with Crippen LogP contribution in [0, 0.1) is 5.92 Å². The molecule has 1 atom stereocenters. The smallest absolute Gasteiger partial charge is 0.407 e. The summed E-state index contributed by atoms with van der Waals surface area (Å²) in [6.45, 7) is 8.87. The summed E-state index contributed by atoms with van der Waals surface area (Å²) in [4.78, 5) is 11.5. The molecule has 5 nitrogen and oxygen atoms in total. The third kappa shape index (κ3) is 6.78. The van der Waals surface area contributed by atoms with Crippen molar-refractivity contribution >= 4 is 6.09 Å². The molecule has 112 valence electrons. The summed E-state index contributed by atoms with van der Waals surface area (Å²) in [5.74, 6) is 0.489. The Morgan fingerprint density at radius 2 is 2.00 bits per heavy atom. The third-order valence-electron chi connectivity index (χ3n) is 3.24. The van der Waals surface area contributed by atoms with Gasteiger partial charge in [0, 0.05) is 18.7 Å². The van der Waals surface area contributed by atoms with E-state index in [0.29, 0.717) is 12.0 Å². The van der Waals surface area contributed by atoms with Gasteiger partial charge < -0.3 is 20.5 Å². The van der Waals surface area contributed by atoms with E-state index in [1.807, 2.05) is 20.8 Å². The van der Waals surface area contributed by atoms with Gasteiger partial charge in [0.1, 0.15) is 5.60 Å². The maximum atomic E-state index is 11.5. The first kappa shape index (κ1) is 16.2. The average Bonchev–Trinajstić information content (AvgIpc) is 2.18. The third-order valence-corrected chi connectivity index (χ3v) is 3.24. The van der Waals surface area contributed by atoms with Crippen LogP contribution in [0.1, 0.15) is 47.0 Å². The van der Waals surface area contributed by atoms with Crippen molar-refractivity contribution in [3.8, 4) is 0 Å². The lowest BCUT2D eigenvalue weighted by atomic mass is 9.86. The fourth-order valence-corrected chi connectivity index (χ4v) is 2.07. The number of hydrogen-bond acceptors (Lipinski definition) is 4. The van der Waals surface area contributed by atoms with Gasteiger partial charge in [-0.25, -0.2) is 4.79 Å². The number of carbonyl (C=O) groups is 1. The Hall–Kier alpha value is -0.810. The molecular formula is C14H28N2O3. The highest BCUT2D eigenvalue weighted by Gasteiger charge is 2.31. The first-order valence-corrected chi connectivity index (χ1v) is 7.14. The normalized spacial score (nSPS) is 24.5. The Morgan fingerprint density at radius 3 is 2.53 bits per heavy atom. The molecule has 1 aliphatic carbocycles. The number of amides is 1. The van der Waals surface area contributed by atoms with Crippen LogP contribution >= 0.6 is 0 Å². The standard InChI is InChI=1S/C14H28N2O3/c1-10(5-6-17)9-15-11-7-12(8-11)16-13(18)19-14(2,3)4/h10-12,15,17H,5-9H2,1-4H3,(H,16,18). The molecule has 0 radical (unpaired) electrons. The Balaban J connectivity index is 2.08. The molecule has 1 unspecified atom stereocenters. The molecule has 0 bridgehead atoms. The van der Waals surface area contributed by atoms with Gasteiger partial charge in [-0.1, -0.05) is 6.92 Å². The minimum Gasteiger partial charge on any atom is -0.444 e. The molecular weight excluding hydrogens is 244 g/mol. The van der Waals surface area contributed by atoms with Crippen molar-refractivity contribution in [3.05, 3.63) is 0 Å². The van der Waals surface area contributed by atoms with Gasteiger partial charge in [-0.05, 0) is 52.5 Å². The molecule has 5 heteroatoms. The van der Waals surface area contributed by atoms with E-state index in [1.54, 1.807) is 0 Å². The summed E-state index contributed by atoms with van der Waals surface area (Å²) in [6, 6.07) is 0.696. The topological polar surface area (TPSA) is 70.6 Å². The first-order valence-electron chi connectivity index (χ1n) is 7.14. The number of aliphatic hydroxyl groups excluding tert-OH is 1. The molecule has 3 N–H and O–H groups in total. The molecule has 0 heterocycles. The zero-order valence-corrected chi connectivity index (χ0v) is 12.5. The molecule has 0 aromatic heterocycles. The quantitative estimate of drug-likeness (QED) is 0.687. The van der Waals surface area contributed by atoms with Gasteiger partial charge in [0.15, 0.2) is 0 Å². The minimum atomic E-state index is -0.439. The second kappa shape index (κ2) is 7.10. The predicted molar refractivity (Wildman–Crippen MR) is 75.0 cm³/mol. The van der Waals surface area contributed by atoms with Crippen molar-refractivity contribution in [3.63, 3.8) is 0 Å². The molecule has 0 saturated heterocycles. The minimum absolute atomic E-state index is 0.223. The molecule has 1 amide bonds. The molecule has 0 spiro atoms. The zero-order chi connectivity index (χ0) is 14.5. The molecule has 1 aliphatic rings. The van der Waals surface area contributed by atoms with Crippen LogP contribution in [0.5, 0.6) is 0 Å². The molecule has 0 aliphatic heterocycles. The fraction of sp³-hybridized carbons (Fsp3) is 0.929. The maximum absolute atomic E-state index is 11.5. The van der Waals surface area contributed by atoms with Gasteiger partial charge in [0.25, 0.3) is 0 Å². The van der Waals surface area contributed by atoms with Crippen molar-refractivity contribution in [2.75, 3.05) is 13.2 Å². The monoisotopic (exact) mass is 272 g/mol. The molecule has 1 saturated carbocycles. The summed E-state index contributed by atoms with van der Waals surface area (Å²) in [5.41, 5.74) is -0.439. The maximum Gasteiger partial charge on any atom is 0.407 e. The number of carbonyl (C=O) groups excluding carboxylic acids is 1. The number of aliphatic hydroxyl groups is 1. The van der Waals surface area contributed by atoms with Crippen LogP contribution in [0.4, 0.5) is 4.79 Å². The lowest BCUT2D eigenvalue weighted by Gasteiger charge is -2.37. The van der Waals surface area contributed by atoms with Gasteiger partial charge in [-0.3, -0.25) is 0 Å². The SMILES string of the molecule is CC(CCO)CNC1CC(NC(=O)OC(C)(C)C)C1. The highest BCUT2D eigenvalue weighted by molar-refractivity contribution is 5.68. The number of ether oxygens (including phenoxy) is 1. The molecule has 1 fully saturated rings. The average molecular weight is 272 g/mol. The second-order valence-corrected chi connectivity index (χ2v) is 6.54. The van der Waals surface area contributed by atoms with Crippen LogP contribution < -0.4 is 10.6 Å². The Labute approximate surface area is 116 Å². The highest BCUT2D eigenvalue weighted by Crippen LogP contribution is 2.21. The van der Waals surface area contributed by atoms with E-state index in [1.165, 1.54) is 0 Å². The Bertz CT molecular complexity index is 283. The molecule has 0 aromatic carbocycles. The number of nitrogens with one attached hydrogen (secondary N) is 2.